The van der Waals surface area contributed by atoms with Crippen molar-refractivity contribution in [3.8, 4) is 0 Å². The number of esters is 1. The molecule has 1 heterocycles. The van der Waals surface area contributed by atoms with Crippen LogP contribution in [0.3, 0.4) is 0 Å². The van der Waals surface area contributed by atoms with Gasteiger partial charge >= 0.3 is 5.97 Å². The van der Waals surface area contributed by atoms with Crippen molar-refractivity contribution >= 4 is 5.97 Å². The van der Waals surface area contributed by atoms with Crippen molar-refractivity contribution in [3.63, 3.8) is 0 Å². The Hall–Kier alpha value is -2.91. The highest BCUT2D eigenvalue weighted by atomic mass is 16.6. The zero-order valence-electron chi connectivity index (χ0n) is 19.2. The van der Waals surface area contributed by atoms with E-state index in [2.05, 4.69) is 55.6 Å². The molecule has 0 atom stereocenters. The molecule has 0 bridgehead atoms. The fraction of sp³-hybridized carbons (Fsp3) is 0.345. The van der Waals surface area contributed by atoms with Crippen LogP contribution in [0.2, 0.25) is 0 Å². The van der Waals surface area contributed by atoms with E-state index in [0.717, 1.165) is 42.6 Å². The second kappa shape index (κ2) is 9.70. The average molecular weight is 429 g/mol. The van der Waals surface area contributed by atoms with Crippen LogP contribution in [-0.4, -0.2) is 24.7 Å². The highest BCUT2D eigenvalue weighted by Gasteiger charge is 2.42. The normalized spacial score (nSPS) is 15.3. The fourth-order valence-electron chi connectivity index (χ4n) is 5.23. The van der Waals surface area contributed by atoms with Crippen LogP contribution in [0.1, 0.15) is 49.8 Å². The summed E-state index contributed by atoms with van der Waals surface area (Å²) in [5.74, 6) is 0.247. The summed E-state index contributed by atoms with van der Waals surface area (Å²) in [4.78, 5) is 13.6. The van der Waals surface area contributed by atoms with Crippen molar-refractivity contribution < 1.29 is 14.8 Å². The van der Waals surface area contributed by atoms with E-state index in [0.29, 0.717) is 5.92 Å². The number of nitrogens with two attached hydrogens (primary N) is 1. The van der Waals surface area contributed by atoms with Crippen LogP contribution in [0, 0.1) is 5.92 Å². The molecule has 166 valence electrons. The molecule has 0 radical (unpaired) electrons. The van der Waals surface area contributed by atoms with Gasteiger partial charge in [-0.15, -0.1) is 0 Å². The van der Waals surface area contributed by atoms with E-state index >= 15 is 0 Å². The third-order valence-electron chi connectivity index (χ3n) is 7.01. The minimum atomic E-state index is -0.614. The second-order valence-electron chi connectivity index (χ2n) is 9.40. The summed E-state index contributed by atoms with van der Waals surface area (Å²) >= 11 is 0. The molecule has 1 aliphatic rings. The van der Waals surface area contributed by atoms with Crippen LogP contribution in [0.5, 0.6) is 0 Å². The number of benzene rings is 3. The Morgan fingerprint density at radius 3 is 1.59 bits per heavy atom. The van der Waals surface area contributed by atoms with Gasteiger partial charge in [0.1, 0.15) is 5.60 Å². The summed E-state index contributed by atoms with van der Waals surface area (Å²) < 4.78 is 6.24. The first kappa shape index (κ1) is 22.3. The molecule has 0 aromatic heterocycles. The Bertz CT molecular complexity index is 896. The number of ether oxygens (including phenoxy) is 1. The Morgan fingerprint density at radius 1 is 0.781 bits per heavy atom. The number of carbonyl (C=O) groups excluding carboxylic acids is 1. The fourth-order valence-corrected chi connectivity index (χ4v) is 5.23. The maximum Gasteiger partial charge on any atom is 0.307 e. The minimum absolute atomic E-state index is 0.152. The lowest BCUT2D eigenvalue weighted by atomic mass is 9.67. The third-order valence-corrected chi connectivity index (χ3v) is 7.01. The Balaban J connectivity index is 1.75. The smallest absolute Gasteiger partial charge is 0.307 e. The van der Waals surface area contributed by atoms with Crippen molar-refractivity contribution in [2.24, 2.45) is 5.92 Å². The van der Waals surface area contributed by atoms with Gasteiger partial charge in [0.2, 0.25) is 0 Å². The second-order valence-corrected chi connectivity index (χ2v) is 9.40. The molecule has 2 N–H and O–H groups in total. The monoisotopic (exact) mass is 428 g/mol. The number of carbonyl (C=O) groups is 1. The van der Waals surface area contributed by atoms with Gasteiger partial charge in [0, 0.05) is 18.8 Å². The first-order valence-corrected chi connectivity index (χ1v) is 11.7. The predicted molar refractivity (Wildman–Crippen MR) is 128 cm³/mol. The summed E-state index contributed by atoms with van der Waals surface area (Å²) in [6.07, 6.45) is 2.43. The quantitative estimate of drug-likeness (QED) is 0.438. The van der Waals surface area contributed by atoms with Crippen molar-refractivity contribution in [1.29, 1.82) is 0 Å². The van der Waals surface area contributed by atoms with Gasteiger partial charge in [-0.2, -0.15) is 0 Å². The van der Waals surface area contributed by atoms with Crippen molar-refractivity contribution in [1.82, 2.24) is 0 Å². The molecule has 32 heavy (non-hydrogen) atoms. The van der Waals surface area contributed by atoms with E-state index in [1.165, 1.54) is 0 Å². The van der Waals surface area contributed by atoms with E-state index < -0.39 is 11.0 Å². The van der Waals surface area contributed by atoms with Crippen LogP contribution in [0.25, 0.3) is 0 Å². The number of rotatable bonds is 7. The molecule has 1 saturated heterocycles. The summed E-state index contributed by atoms with van der Waals surface area (Å²) in [6, 6.07) is 31.1. The number of hydrogen-bond acceptors (Lipinski definition) is 2. The van der Waals surface area contributed by atoms with Gasteiger partial charge in [-0.3, -0.25) is 4.79 Å². The molecule has 0 saturated carbocycles. The minimum Gasteiger partial charge on any atom is -0.459 e. The van der Waals surface area contributed by atoms with E-state index in [1.807, 2.05) is 54.6 Å². The molecule has 3 aromatic rings. The number of quaternary nitrogens is 1. The summed E-state index contributed by atoms with van der Waals surface area (Å²) in [7, 11) is 0. The lowest BCUT2D eigenvalue weighted by Crippen LogP contribution is -2.86. The van der Waals surface area contributed by atoms with Crippen molar-refractivity contribution in [2.75, 3.05) is 13.1 Å². The van der Waals surface area contributed by atoms with E-state index in [9.17, 15) is 4.79 Å². The summed E-state index contributed by atoms with van der Waals surface area (Å²) in [5.41, 5.74) is 2.21. The van der Waals surface area contributed by atoms with Crippen molar-refractivity contribution in [3.05, 3.63) is 108 Å². The molecule has 0 unspecified atom stereocenters. The van der Waals surface area contributed by atoms with Crippen LogP contribution in [-0.2, 0) is 14.9 Å². The highest BCUT2D eigenvalue weighted by molar-refractivity contribution is 5.75. The predicted octanol–water partition coefficient (Wildman–Crippen LogP) is 4.71. The lowest BCUT2D eigenvalue weighted by molar-refractivity contribution is -0.665. The van der Waals surface area contributed by atoms with E-state index in [1.54, 1.807) is 0 Å². The standard InChI is InChI=1S/C29H33NO2/c1-28(2,23-18-20-30-21-19-23)32-27(31)22-29(24-12-6-3-7-13-24,25-14-8-4-9-15-25)26-16-10-5-11-17-26/h3-17,23,30H,18-22H2,1-2H3/p+1. The first-order valence-electron chi connectivity index (χ1n) is 11.7. The van der Waals surface area contributed by atoms with E-state index in [4.69, 9.17) is 4.74 Å². The number of hydrogen-bond donors (Lipinski definition) is 1. The summed E-state index contributed by atoms with van der Waals surface area (Å²) in [5, 5.41) is 2.35. The molecule has 3 nitrogen and oxygen atoms in total. The van der Waals surface area contributed by atoms with Gasteiger partial charge in [0.25, 0.3) is 0 Å². The molecular weight excluding hydrogens is 394 g/mol. The molecule has 0 spiro atoms. The molecule has 0 amide bonds. The molecule has 3 heteroatoms. The molecule has 0 aliphatic carbocycles. The molecule has 3 aromatic carbocycles. The molecule has 1 aliphatic heterocycles. The lowest BCUT2D eigenvalue weighted by Gasteiger charge is -2.39. The molecule has 4 rings (SSSR count). The van der Waals surface area contributed by atoms with Gasteiger partial charge in [-0.05, 0) is 30.5 Å². The molecular formula is C29H34NO2+. The van der Waals surface area contributed by atoms with Gasteiger partial charge in [0.15, 0.2) is 0 Å². The Kier molecular flexibility index (Phi) is 6.76. The van der Waals surface area contributed by atoms with Gasteiger partial charge in [-0.25, -0.2) is 0 Å². The van der Waals surface area contributed by atoms with Gasteiger partial charge in [-0.1, -0.05) is 91.0 Å². The van der Waals surface area contributed by atoms with Crippen LogP contribution < -0.4 is 5.32 Å². The molecule has 1 fully saturated rings. The largest absolute Gasteiger partial charge is 0.459 e. The van der Waals surface area contributed by atoms with Gasteiger partial charge in [0.05, 0.1) is 24.9 Å². The van der Waals surface area contributed by atoms with Gasteiger partial charge < -0.3 is 10.1 Å². The average Bonchev–Trinajstić information content (AvgIpc) is 2.84. The highest BCUT2D eigenvalue weighted by Crippen LogP contribution is 2.43. The summed E-state index contributed by atoms with van der Waals surface area (Å²) in [6.45, 7) is 6.37. The van der Waals surface area contributed by atoms with E-state index in [-0.39, 0.29) is 12.4 Å². The Labute approximate surface area is 191 Å². The third kappa shape index (κ3) is 4.63. The first-order chi connectivity index (χ1) is 15.5. The zero-order valence-corrected chi connectivity index (χ0v) is 19.2. The maximum atomic E-state index is 13.6. The van der Waals surface area contributed by atoms with Crippen molar-refractivity contribution in [2.45, 2.75) is 44.1 Å². The zero-order chi connectivity index (χ0) is 22.4. The van der Waals surface area contributed by atoms with Crippen LogP contribution in [0.15, 0.2) is 91.0 Å². The Morgan fingerprint density at radius 2 is 1.19 bits per heavy atom. The van der Waals surface area contributed by atoms with Crippen LogP contribution >= 0.6 is 0 Å². The van der Waals surface area contributed by atoms with Crippen LogP contribution in [0.4, 0.5) is 0 Å². The maximum absolute atomic E-state index is 13.6. The number of piperidine rings is 1. The topological polar surface area (TPSA) is 42.9 Å². The SMILES string of the molecule is CC(C)(OC(=O)CC(c1ccccc1)(c1ccccc1)c1ccccc1)C1CC[NH2+]CC1.